The van der Waals surface area contributed by atoms with E-state index in [1.54, 1.807) is 19.0 Å². The topological polar surface area (TPSA) is 28.5 Å². The molecule has 0 saturated carbocycles. The molecule has 1 rings (SSSR count). The maximum Gasteiger partial charge on any atom is 0.416 e. The standard InChI is InChI=1S/C9H10F3N3/c1-15(2)6-14-8-5-7(3-4-13-8)9(10,11)12/h3-6H,1-2H3/b14-6+. The molecule has 0 saturated heterocycles. The van der Waals surface area contributed by atoms with Crippen molar-refractivity contribution in [2.75, 3.05) is 14.1 Å². The molecule has 6 heteroatoms. The Morgan fingerprint density at radius 3 is 2.60 bits per heavy atom. The van der Waals surface area contributed by atoms with E-state index in [1.165, 1.54) is 6.34 Å². The van der Waals surface area contributed by atoms with Crippen LogP contribution in [-0.2, 0) is 6.18 Å². The minimum atomic E-state index is -4.36. The van der Waals surface area contributed by atoms with Crippen LogP contribution in [0.5, 0.6) is 0 Å². The fourth-order valence-corrected chi connectivity index (χ4v) is 0.840. The lowest BCUT2D eigenvalue weighted by atomic mass is 10.2. The smallest absolute Gasteiger partial charge is 0.369 e. The molecule has 0 atom stereocenters. The molecule has 0 bridgehead atoms. The number of nitrogens with zero attached hydrogens (tertiary/aromatic N) is 3. The molecule has 0 aliphatic carbocycles. The Labute approximate surface area is 85.3 Å². The summed E-state index contributed by atoms with van der Waals surface area (Å²) in [4.78, 5) is 9.08. The predicted octanol–water partition coefficient (Wildman–Crippen LogP) is 2.32. The molecule has 3 nitrogen and oxygen atoms in total. The van der Waals surface area contributed by atoms with E-state index < -0.39 is 11.7 Å². The van der Waals surface area contributed by atoms with Gasteiger partial charge in [-0.2, -0.15) is 13.2 Å². The first kappa shape index (κ1) is 11.5. The van der Waals surface area contributed by atoms with Crippen molar-refractivity contribution in [2.45, 2.75) is 6.18 Å². The maximum atomic E-state index is 12.3. The van der Waals surface area contributed by atoms with Crippen molar-refractivity contribution in [3.8, 4) is 0 Å². The summed E-state index contributed by atoms with van der Waals surface area (Å²) in [6.45, 7) is 0. The largest absolute Gasteiger partial charge is 0.416 e. The second-order valence-electron chi connectivity index (χ2n) is 3.11. The zero-order valence-electron chi connectivity index (χ0n) is 8.28. The third kappa shape index (κ3) is 3.57. The van der Waals surface area contributed by atoms with E-state index in [9.17, 15) is 13.2 Å². The minimum absolute atomic E-state index is 0.0403. The van der Waals surface area contributed by atoms with Gasteiger partial charge in [0.1, 0.15) is 0 Å². The SMILES string of the molecule is CN(C)/C=N/c1cc(C(F)(F)F)ccn1. The van der Waals surface area contributed by atoms with Crippen molar-refractivity contribution in [3.05, 3.63) is 23.9 Å². The van der Waals surface area contributed by atoms with Crippen molar-refractivity contribution >= 4 is 12.2 Å². The van der Waals surface area contributed by atoms with Crippen LogP contribution in [0.15, 0.2) is 23.3 Å². The Hall–Kier alpha value is -1.59. The van der Waals surface area contributed by atoms with Gasteiger partial charge in [0.15, 0.2) is 5.82 Å². The quantitative estimate of drug-likeness (QED) is 0.561. The van der Waals surface area contributed by atoms with Gasteiger partial charge in [-0.25, -0.2) is 9.98 Å². The molecule has 82 valence electrons. The minimum Gasteiger partial charge on any atom is -0.369 e. The van der Waals surface area contributed by atoms with Gasteiger partial charge < -0.3 is 4.90 Å². The molecule has 0 aliphatic rings. The Balaban J connectivity index is 2.93. The third-order valence-corrected chi connectivity index (χ3v) is 1.49. The van der Waals surface area contributed by atoms with E-state index >= 15 is 0 Å². The van der Waals surface area contributed by atoms with Crippen molar-refractivity contribution in [3.63, 3.8) is 0 Å². The second-order valence-corrected chi connectivity index (χ2v) is 3.11. The number of hydrogen-bond acceptors (Lipinski definition) is 2. The lowest BCUT2D eigenvalue weighted by Gasteiger charge is -2.06. The van der Waals surface area contributed by atoms with Gasteiger partial charge in [-0.1, -0.05) is 0 Å². The summed E-state index contributed by atoms with van der Waals surface area (Å²) in [5.74, 6) is 0.0403. The lowest BCUT2D eigenvalue weighted by Crippen LogP contribution is -2.07. The number of hydrogen-bond donors (Lipinski definition) is 0. The van der Waals surface area contributed by atoms with Gasteiger partial charge >= 0.3 is 6.18 Å². The van der Waals surface area contributed by atoms with Crippen molar-refractivity contribution in [1.82, 2.24) is 9.88 Å². The van der Waals surface area contributed by atoms with Crippen LogP contribution in [0.25, 0.3) is 0 Å². The first-order valence-corrected chi connectivity index (χ1v) is 4.13. The van der Waals surface area contributed by atoms with Gasteiger partial charge in [0.25, 0.3) is 0 Å². The first-order valence-electron chi connectivity index (χ1n) is 4.13. The van der Waals surface area contributed by atoms with E-state index in [0.29, 0.717) is 0 Å². The highest BCUT2D eigenvalue weighted by Gasteiger charge is 2.30. The average Bonchev–Trinajstić information content (AvgIpc) is 2.14. The van der Waals surface area contributed by atoms with Crippen molar-refractivity contribution in [1.29, 1.82) is 0 Å². The molecular formula is C9H10F3N3. The lowest BCUT2D eigenvalue weighted by molar-refractivity contribution is -0.137. The van der Waals surface area contributed by atoms with Crippen LogP contribution in [0, 0.1) is 0 Å². The molecule has 15 heavy (non-hydrogen) atoms. The summed E-state index contributed by atoms with van der Waals surface area (Å²) in [6.07, 6.45) is -1.88. The van der Waals surface area contributed by atoms with Crippen LogP contribution in [0.4, 0.5) is 19.0 Å². The summed E-state index contributed by atoms with van der Waals surface area (Å²) in [7, 11) is 3.44. The fourth-order valence-electron chi connectivity index (χ4n) is 0.840. The van der Waals surface area contributed by atoms with Crippen LogP contribution in [0.1, 0.15) is 5.56 Å². The second kappa shape index (κ2) is 4.29. The normalized spacial score (nSPS) is 12.1. The van der Waals surface area contributed by atoms with Gasteiger partial charge in [-0.15, -0.1) is 0 Å². The van der Waals surface area contributed by atoms with Crippen molar-refractivity contribution in [2.24, 2.45) is 4.99 Å². The third-order valence-electron chi connectivity index (χ3n) is 1.49. The highest BCUT2D eigenvalue weighted by Crippen LogP contribution is 2.30. The van der Waals surface area contributed by atoms with E-state index in [-0.39, 0.29) is 5.82 Å². The molecule has 0 aromatic carbocycles. The fraction of sp³-hybridized carbons (Fsp3) is 0.333. The molecule has 0 radical (unpaired) electrons. The molecule has 0 unspecified atom stereocenters. The first-order chi connectivity index (χ1) is 6.89. The van der Waals surface area contributed by atoms with Crippen LogP contribution in [0.2, 0.25) is 0 Å². The average molecular weight is 217 g/mol. The predicted molar refractivity (Wildman–Crippen MR) is 51.1 cm³/mol. The summed E-state index contributed by atoms with van der Waals surface area (Å²) >= 11 is 0. The van der Waals surface area contributed by atoms with Crippen LogP contribution < -0.4 is 0 Å². The van der Waals surface area contributed by atoms with Gasteiger partial charge in [0.05, 0.1) is 11.9 Å². The van der Waals surface area contributed by atoms with E-state index in [0.717, 1.165) is 18.3 Å². The van der Waals surface area contributed by atoms with Gasteiger partial charge in [-0.3, -0.25) is 0 Å². The molecule has 0 amide bonds. The number of pyridine rings is 1. The maximum absolute atomic E-state index is 12.3. The van der Waals surface area contributed by atoms with E-state index in [4.69, 9.17) is 0 Å². The summed E-state index contributed by atoms with van der Waals surface area (Å²) in [6, 6.07) is 1.81. The Morgan fingerprint density at radius 2 is 2.07 bits per heavy atom. The summed E-state index contributed by atoms with van der Waals surface area (Å²) in [5.41, 5.74) is -0.747. The molecule has 1 heterocycles. The molecule has 0 spiro atoms. The Bertz CT molecular complexity index is 358. The summed E-state index contributed by atoms with van der Waals surface area (Å²) < 4.78 is 36.8. The van der Waals surface area contributed by atoms with E-state index in [1.807, 2.05) is 0 Å². The van der Waals surface area contributed by atoms with Gasteiger partial charge in [0.2, 0.25) is 0 Å². The van der Waals surface area contributed by atoms with Gasteiger partial charge in [0, 0.05) is 20.3 Å². The number of aromatic nitrogens is 1. The van der Waals surface area contributed by atoms with Crippen LogP contribution in [0.3, 0.4) is 0 Å². The van der Waals surface area contributed by atoms with Crippen LogP contribution in [-0.4, -0.2) is 30.3 Å². The van der Waals surface area contributed by atoms with Crippen molar-refractivity contribution < 1.29 is 13.2 Å². The molecule has 1 aromatic heterocycles. The molecular weight excluding hydrogens is 207 g/mol. The van der Waals surface area contributed by atoms with E-state index in [2.05, 4.69) is 9.98 Å². The molecule has 0 aliphatic heterocycles. The number of rotatable bonds is 2. The zero-order valence-corrected chi connectivity index (χ0v) is 8.28. The zero-order chi connectivity index (χ0) is 11.5. The monoisotopic (exact) mass is 217 g/mol. The highest BCUT2D eigenvalue weighted by molar-refractivity contribution is 5.59. The number of alkyl halides is 3. The molecule has 0 fully saturated rings. The van der Waals surface area contributed by atoms with Crippen LogP contribution >= 0.6 is 0 Å². The molecule has 1 aromatic rings. The number of aliphatic imine (C=N–C) groups is 1. The van der Waals surface area contributed by atoms with Gasteiger partial charge in [-0.05, 0) is 12.1 Å². The Morgan fingerprint density at radius 1 is 1.40 bits per heavy atom. The summed E-state index contributed by atoms with van der Waals surface area (Å²) in [5, 5.41) is 0. The number of halogens is 3. The highest BCUT2D eigenvalue weighted by atomic mass is 19.4. The molecule has 0 N–H and O–H groups in total. The Kier molecular flexibility index (Phi) is 3.28.